The van der Waals surface area contributed by atoms with Gasteiger partial charge >= 0.3 is 23.9 Å². The van der Waals surface area contributed by atoms with E-state index < -0.39 is 50.0 Å². The monoisotopic (exact) mass is 611 g/mol. The topological polar surface area (TPSA) is 78.9 Å². The standard InChI is InChI=1S/C18H8Br2F9N3O/c19-10-4-9(15(21,17(24,25)26)16(22,23)18(27,28)29)5-11(20)13(10)32-14(33)7-1-2-8(6-30)12(31)3-7/h1-5H,31H2,(H,32,33). The van der Waals surface area contributed by atoms with Crippen molar-refractivity contribution in [2.45, 2.75) is 23.9 Å². The fraction of sp³-hybridized carbons (Fsp3) is 0.222. The lowest BCUT2D eigenvalue weighted by Crippen LogP contribution is -2.59. The van der Waals surface area contributed by atoms with Crippen LogP contribution in [0.3, 0.4) is 0 Å². The molecule has 0 aliphatic rings. The molecule has 0 aliphatic heterocycles. The Labute approximate surface area is 195 Å². The third-order valence-electron chi connectivity index (χ3n) is 4.29. The quantitative estimate of drug-likeness (QED) is 0.293. The number of carbonyl (C=O) groups excluding carboxylic acids is 1. The number of carbonyl (C=O) groups is 1. The normalized spacial score (nSPS) is 14.4. The molecule has 1 amide bonds. The van der Waals surface area contributed by atoms with Gasteiger partial charge in [0.2, 0.25) is 0 Å². The van der Waals surface area contributed by atoms with E-state index >= 15 is 0 Å². The number of amides is 1. The van der Waals surface area contributed by atoms with E-state index in [-0.39, 0.29) is 28.9 Å². The molecule has 0 heterocycles. The number of anilines is 2. The smallest absolute Gasteiger partial charge is 0.398 e. The summed E-state index contributed by atoms with van der Waals surface area (Å²) in [6, 6.07) is 5.28. The number of benzene rings is 2. The molecule has 1 unspecified atom stereocenters. The van der Waals surface area contributed by atoms with Crippen LogP contribution in [0.4, 0.5) is 50.9 Å². The second-order valence-electron chi connectivity index (χ2n) is 6.41. The maximum atomic E-state index is 14.7. The molecule has 0 fully saturated rings. The van der Waals surface area contributed by atoms with Crippen molar-refractivity contribution >= 4 is 49.1 Å². The Morgan fingerprint density at radius 2 is 1.42 bits per heavy atom. The molecule has 3 N–H and O–H groups in total. The van der Waals surface area contributed by atoms with Crippen LogP contribution in [-0.2, 0) is 5.67 Å². The molecule has 2 aromatic carbocycles. The van der Waals surface area contributed by atoms with Gasteiger partial charge in [0.25, 0.3) is 5.91 Å². The third-order valence-corrected chi connectivity index (χ3v) is 5.54. The molecule has 0 spiro atoms. The molecule has 15 heteroatoms. The number of nitriles is 1. The van der Waals surface area contributed by atoms with Gasteiger partial charge in [-0.3, -0.25) is 4.79 Å². The summed E-state index contributed by atoms with van der Waals surface area (Å²) in [6.45, 7) is 0. The molecule has 0 aromatic heterocycles. The molecular formula is C18H8Br2F9N3O. The lowest BCUT2D eigenvalue weighted by Gasteiger charge is -2.36. The highest BCUT2D eigenvalue weighted by molar-refractivity contribution is 9.11. The molecule has 33 heavy (non-hydrogen) atoms. The van der Waals surface area contributed by atoms with Gasteiger partial charge < -0.3 is 11.1 Å². The minimum atomic E-state index is -6.88. The van der Waals surface area contributed by atoms with Crippen LogP contribution >= 0.6 is 31.9 Å². The highest BCUT2D eigenvalue weighted by Crippen LogP contribution is 2.59. The number of nitrogens with zero attached hydrogens (tertiary/aromatic N) is 1. The number of nitrogens with one attached hydrogen (secondary N) is 1. The Hall–Kier alpha value is -2.47. The van der Waals surface area contributed by atoms with E-state index in [2.05, 4.69) is 37.2 Å². The van der Waals surface area contributed by atoms with Gasteiger partial charge in [-0.15, -0.1) is 0 Å². The first-order valence-electron chi connectivity index (χ1n) is 8.19. The molecular weight excluding hydrogens is 605 g/mol. The van der Waals surface area contributed by atoms with Crippen LogP contribution in [0.15, 0.2) is 39.3 Å². The Bertz CT molecular complexity index is 1120. The number of halogens is 11. The van der Waals surface area contributed by atoms with Gasteiger partial charge in [-0.25, -0.2) is 4.39 Å². The summed E-state index contributed by atoms with van der Waals surface area (Å²) in [4.78, 5) is 12.4. The van der Waals surface area contributed by atoms with Crippen molar-refractivity contribution in [1.82, 2.24) is 0 Å². The van der Waals surface area contributed by atoms with E-state index in [1.807, 2.05) is 0 Å². The second-order valence-corrected chi connectivity index (χ2v) is 8.12. The molecule has 0 radical (unpaired) electrons. The van der Waals surface area contributed by atoms with Crippen molar-refractivity contribution in [3.63, 3.8) is 0 Å². The molecule has 2 aromatic rings. The molecule has 4 nitrogen and oxygen atoms in total. The fourth-order valence-electron chi connectivity index (χ4n) is 2.60. The van der Waals surface area contributed by atoms with Gasteiger partial charge in [0, 0.05) is 20.1 Å². The van der Waals surface area contributed by atoms with Crippen LogP contribution in [-0.4, -0.2) is 24.2 Å². The Balaban J connectivity index is 2.56. The van der Waals surface area contributed by atoms with Crippen LogP contribution < -0.4 is 11.1 Å². The fourth-order valence-corrected chi connectivity index (χ4v) is 3.99. The number of nitrogen functional groups attached to an aromatic ring is 1. The molecule has 2 rings (SSSR count). The van der Waals surface area contributed by atoms with Gasteiger partial charge in [0.15, 0.2) is 0 Å². The van der Waals surface area contributed by atoms with E-state index in [0.29, 0.717) is 0 Å². The van der Waals surface area contributed by atoms with E-state index in [9.17, 15) is 44.3 Å². The number of hydrogen-bond acceptors (Lipinski definition) is 3. The number of alkyl halides is 9. The highest BCUT2D eigenvalue weighted by atomic mass is 79.9. The van der Waals surface area contributed by atoms with Crippen LogP contribution in [0.5, 0.6) is 0 Å². The van der Waals surface area contributed by atoms with Gasteiger partial charge in [-0.2, -0.15) is 40.4 Å². The van der Waals surface area contributed by atoms with E-state index in [0.717, 1.165) is 6.07 Å². The zero-order chi connectivity index (χ0) is 25.6. The van der Waals surface area contributed by atoms with E-state index in [1.54, 1.807) is 6.07 Å². The minimum absolute atomic E-state index is 0.0373. The van der Waals surface area contributed by atoms with Crippen LogP contribution in [0.25, 0.3) is 0 Å². The molecule has 0 bridgehead atoms. The Kier molecular flexibility index (Phi) is 7.07. The predicted molar refractivity (Wildman–Crippen MR) is 105 cm³/mol. The number of hydrogen-bond donors (Lipinski definition) is 2. The van der Waals surface area contributed by atoms with Crippen molar-refractivity contribution in [3.05, 3.63) is 56.0 Å². The Morgan fingerprint density at radius 1 is 0.909 bits per heavy atom. The predicted octanol–water partition coefficient (Wildman–Crippen LogP) is 6.84. The number of nitrogens with two attached hydrogens (primary N) is 1. The van der Waals surface area contributed by atoms with Gasteiger partial charge in [0.05, 0.1) is 16.9 Å². The SMILES string of the molecule is N#Cc1ccc(C(=O)Nc2c(Br)cc(C(F)(C(F)(F)F)C(F)(F)C(F)(F)F)cc2Br)cc1N. The van der Waals surface area contributed by atoms with E-state index in [4.69, 9.17) is 11.0 Å². The minimum Gasteiger partial charge on any atom is -0.398 e. The van der Waals surface area contributed by atoms with E-state index in [1.165, 1.54) is 12.1 Å². The van der Waals surface area contributed by atoms with Gasteiger partial charge in [0.1, 0.15) is 6.07 Å². The third kappa shape index (κ3) is 4.63. The summed E-state index contributed by atoms with van der Waals surface area (Å²) < 4.78 is 118. The largest absolute Gasteiger partial charge is 0.457 e. The zero-order valence-corrected chi connectivity index (χ0v) is 18.6. The molecule has 178 valence electrons. The summed E-state index contributed by atoms with van der Waals surface area (Å²) >= 11 is 5.28. The summed E-state index contributed by atoms with van der Waals surface area (Å²) in [6.07, 6.45) is -13.5. The maximum absolute atomic E-state index is 14.7. The molecule has 0 saturated carbocycles. The Morgan fingerprint density at radius 3 is 1.82 bits per heavy atom. The highest BCUT2D eigenvalue weighted by Gasteiger charge is 2.81. The van der Waals surface area contributed by atoms with Gasteiger partial charge in [-0.05, 0) is 62.2 Å². The van der Waals surface area contributed by atoms with Crippen LogP contribution in [0.2, 0.25) is 0 Å². The van der Waals surface area contributed by atoms with Crippen molar-refractivity contribution < 1.29 is 44.3 Å². The maximum Gasteiger partial charge on any atom is 0.457 e. The summed E-state index contributed by atoms with van der Waals surface area (Å²) in [7, 11) is 0. The number of rotatable bonds is 4. The van der Waals surface area contributed by atoms with Crippen molar-refractivity contribution in [1.29, 1.82) is 5.26 Å². The first kappa shape index (κ1) is 26.8. The van der Waals surface area contributed by atoms with Crippen LogP contribution in [0.1, 0.15) is 21.5 Å². The summed E-state index contributed by atoms with van der Waals surface area (Å²) in [5.41, 5.74) is -3.23. The average Bonchev–Trinajstić information content (AvgIpc) is 2.67. The lowest BCUT2D eigenvalue weighted by atomic mass is 9.87. The first-order chi connectivity index (χ1) is 14.9. The van der Waals surface area contributed by atoms with Crippen molar-refractivity contribution in [2.75, 3.05) is 11.1 Å². The zero-order valence-electron chi connectivity index (χ0n) is 15.5. The average molecular weight is 613 g/mol. The molecule has 1 atom stereocenters. The first-order valence-corrected chi connectivity index (χ1v) is 9.77. The molecule has 0 saturated heterocycles. The van der Waals surface area contributed by atoms with Crippen molar-refractivity contribution in [3.8, 4) is 6.07 Å². The van der Waals surface area contributed by atoms with Crippen molar-refractivity contribution in [2.24, 2.45) is 0 Å². The van der Waals surface area contributed by atoms with Gasteiger partial charge in [-0.1, -0.05) is 0 Å². The van der Waals surface area contributed by atoms with Crippen LogP contribution in [0, 0.1) is 11.3 Å². The molecule has 0 aliphatic carbocycles. The summed E-state index contributed by atoms with van der Waals surface area (Å²) in [5, 5.41) is 11.0. The lowest BCUT2D eigenvalue weighted by molar-refractivity contribution is -0.389. The summed E-state index contributed by atoms with van der Waals surface area (Å²) in [5.74, 6) is -7.79. The second kappa shape index (κ2) is 8.71.